The number of anilines is 1. The lowest BCUT2D eigenvalue weighted by atomic mass is 10.2. The Morgan fingerprint density at radius 1 is 1.18 bits per heavy atom. The van der Waals surface area contributed by atoms with Gasteiger partial charge in [-0.15, -0.1) is 0 Å². The van der Waals surface area contributed by atoms with Crippen molar-refractivity contribution < 1.29 is 0 Å². The number of nitrogens with two attached hydrogens (primary N) is 1. The normalized spacial score (nSPS) is 11.2. The van der Waals surface area contributed by atoms with Crippen LogP contribution in [-0.4, -0.2) is 15.0 Å². The Kier molecular flexibility index (Phi) is 2.12. The Morgan fingerprint density at radius 2 is 2.00 bits per heavy atom. The molecule has 0 aliphatic carbocycles. The van der Waals surface area contributed by atoms with Crippen molar-refractivity contribution in [2.45, 2.75) is 6.92 Å². The molecule has 0 unspecified atom stereocenters. The molecule has 3 aromatic rings. The number of halogens is 1. The minimum Gasteiger partial charge on any atom is -0.383 e. The summed E-state index contributed by atoms with van der Waals surface area (Å²) in [6.07, 6.45) is 0. The lowest BCUT2D eigenvalue weighted by Gasteiger charge is -2.05. The summed E-state index contributed by atoms with van der Waals surface area (Å²) in [6, 6.07) is 7.54. The van der Waals surface area contributed by atoms with Crippen LogP contribution in [0.4, 0.5) is 5.82 Å². The van der Waals surface area contributed by atoms with Crippen LogP contribution in [0.3, 0.4) is 0 Å². The van der Waals surface area contributed by atoms with Crippen LogP contribution in [0, 0.1) is 6.92 Å². The molecule has 0 spiro atoms. The number of para-hydroxylation sites is 1. The van der Waals surface area contributed by atoms with Crippen LogP contribution in [-0.2, 0) is 0 Å². The maximum Gasteiger partial charge on any atom is 0.165 e. The molecule has 4 nitrogen and oxygen atoms in total. The molecular formula is C12H9ClN4. The Bertz CT molecular complexity index is 739. The molecule has 2 N–H and O–H groups in total. The van der Waals surface area contributed by atoms with Crippen LogP contribution in [0.15, 0.2) is 24.3 Å². The van der Waals surface area contributed by atoms with Gasteiger partial charge in [0.15, 0.2) is 5.65 Å². The number of pyridine rings is 1. The number of fused-ring (bicyclic) bond motifs is 2. The molecule has 3 rings (SSSR count). The minimum atomic E-state index is 0.446. The smallest absolute Gasteiger partial charge is 0.165 e. The molecule has 0 radical (unpaired) electrons. The maximum absolute atomic E-state index is 6.10. The first-order chi connectivity index (χ1) is 8.15. The number of rotatable bonds is 0. The molecule has 84 valence electrons. The van der Waals surface area contributed by atoms with E-state index < -0.39 is 0 Å². The molecule has 0 saturated carbocycles. The number of hydrogen-bond donors (Lipinski definition) is 1. The van der Waals surface area contributed by atoms with Crippen LogP contribution in [0.25, 0.3) is 21.9 Å². The van der Waals surface area contributed by atoms with Crippen molar-refractivity contribution in [3.63, 3.8) is 0 Å². The second-order valence-electron chi connectivity index (χ2n) is 3.83. The van der Waals surface area contributed by atoms with Gasteiger partial charge in [0.25, 0.3) is 0 Å². The SMILES string of the molecule is Cc1nc(N)c2cc3cccc(Cl)c3nc2n1. The van der Waals surface area contributed by atoms with Gasteiger partial charge in [-0.1, -0.05) is 23.7 Å². The molecule has 0 fully saturated rings. The predicted octanol–water partition coefficient (Wildman–Crippen LogP) is 2.72. The predicted molar refractivity (Wildman–Crippen MR) is 69.0 cm³/mol. The number of nitrogen functional groups attached to an aromatic ring is 1. The van der Waals surface area contributed by atoms with Crippen molar-refractivity contribution in [3.8, 4) is 0 Å². The molecular weight excluding hydrogens is 236 g/mol. The van der Waals surface area contributed by atoms with E-state index in [1.807, 2.05) is 18.2 Å². The summed E-state index contributed by atoms with van der Waals surface area (Å²) >= 11 is 6.10. The molecule has 17 heavy (non-hydrogen) atoms. The third kappa shape index (κ3) is 1.57. The molecule has 0 aliphatic rings. The first-order valence-corrected chi connectivity index (χ1v) is 5.52. The Balaban J connectivity index is 2.52. The zero-order valence-corrected chi connectivity index (χ0v) is 9.86. The fourth-order valence-electron chi connectivity index (χ4n) is 1.84. The molecule has 2 aromatic heterocycles. The summed E-state index contributed by atoms with van der Waals surface area (Å²) in [5.74, 6) is 1.05. The number of benzene rings is 1. The van der Waals surface area contributed by atoms with E-state index in [9.17, 15) is 0 Å². The van der Waals surface area contributed by atoms with Crippen LogP contribution < -0.4 is 5.73 Å². The molecule has 1 aromatic carbocycles. The van der Waals surface area contributed by atoms with Crippen molar-refractivity contribution in [1.29, 1.82) is 0 Å². The van der Waals surface area contributed by atoms with Crippen LogP contribution >= 0.6 is 11.6 Å². The van der Waals surface area contributed by atoms with E-state index >= 15 is 0 Å². The van der Waals surface area contributed by atoms with Crippen molar-refractivity contribution in [2.75, 3.05) is 5.73 Å². The molecule has 0 saturated heterocycles. The Morgan fingerprint density at radius 3 is 2.82 bits per heavy atom. The van der Waals surface area contributed by atoms with Gasteiger partial charge in [-0.2, -0.15) is 0 Å². The number of aryl methyl sites for hydroxylation is 1. The summed E-state index contributed by atoms with van der Waals surface area (Å²) in [4.78, 5) is 12.8. The quantitative estimate of drug-likeness (QED) is 0.618. The van der Waals surface area contributed by atoms with Gasteiger partial charge in [-0.05, 0) is 19.1 Å². The average Bonchev–Trinajstić information content (AvgIpc) is 2.28. The van der Waals surface area contributed by atoms with Gasteiger partial charge in [0.1, 0.15) is 11.6 Å². The van der Waals surface area contributed by atoms with E-state index in [-0.39, 0.29) is 0 Å². The van der Waals surface area contributed by atoms with E-state index in [2.05, 4.69) is 15.0 Å². The number of hydrogen-bond acceptors (Lipinski definition) is 4. The lowest BCUT2D eigenvalue weighted by Crippen LogP contribution is -1.99. The first-order valence-electron chi connectivity index (χ1n) is 5.14. The fourth-order valence-corrected chi connectivity index (χ4v) is 2.06. The second kappa shape index (κ2) is 3.53. The van der Waals surface area contributed by atoms with Crippen molar-refractivity contribution >= 4 is 39.4 Å². The summed E-state index contributed by atoms with van der Waals surface area (Å²) in [5, 5.41) is 2.30. The van der Waals surface area contributed by atoms with Crippen LogP contribution in [0.5, 0.6) is 0 Å². The van der Waals surface area contributed by atoms with Gasteiger partial charge in [-0.25, -0.2) is 15.0 Å². The van der Waals surface area contributed by atoms with Gasteiger partial charge in [0.05, 0.1) is 15.9 Å². The van der Waals surface area contributed by atoms with Gasteiger partial charge in [0.2, 0.25) is 0 Å². The van der Waals surface area contributed by atoms with E-state index in [0.29, 0.717) is 22.3 Å². The van der Waals surface area contributed by atoms with Gasteiger partial charge >= 0.3 is 0 Å². The number of nitrogens with zero attached hydrogens (tertiary/aromatic N) is 3. The van der Waals surface area contributed by atoms with E-state index in [0.717, 1.165) is 16.3 Å². The summed E-state index contributed by atoms with van der Waals surface area (Å²) in [7, 11) is 0. The number of aromatic nitrogens is 3. The fraction of sp³-hybridized carbons (Fsp3) is 0.0833. The molecule has 5 heteroatoms. The molecule has 0 bridgehead atoms. The standard InChI is InChI=1S/C12H9ClN4/c1-6-15-11(14)8-5-7-3-2-4-9(13)10(7)17-12(8)16-6/h2-5H,1H3,(H2,14,15,16,17). The highest BCUT2D eigenvalue weighted by Crippen LogP contribution is 2.26. The lowest BCUT2D eigenvalue weighted by molar-refractivity contribution is 1.08. The topological polar surface area (TPSA) is 64.7 Å². The highest BCUT2D eigenvalue weighted by atomic mass is 35.5. The highest BCUT2D eigenvalue weighted by molar-refractivity contribution is 6.35. The Hall–Kier alpha value is -1.94. The third-order valence-corrected chi connectivity index (χ3v) is 2.91. The third-order valence-electron chi connectivity index (χ3n) is 2.60. The first kappa shape index (κ1) is 10.2. The summed E-state index contributed by atoms with van der Waals surface area (Å²) < 4.78 is 0. The van der Waals surface area contributed by atoms with Gasteiger partial charge < -0.3 is 5.73 Å². The monoisotopic (exact) mass is 244 g/mol. The minimum absolute atomic E-state index is 0.446. The highest BCUT2D eigenvalue weighted by Gasteiger charge is 2.07. The molecule has 0 amide bonds. The van der Waals surface area contributed by atoms with Crippen molar-refractivity contribution in [1.82, 2.24) is 15.0 Å². The summed E-state index contributed by atoms with van der Waals surface area (Å²) in [6.45, 7) is 1.79. The van der Waals surface area contributed by atoms with Crippen molar-refractivity contribution in [3.05, 3.63) is 35.1 Å². The molecule has 0 atom stereocenters. The maximum atomic E-state index is 6.10. The molecule has 0 aliphatic heterocycles. The van der Waals surface area contributed by atoms with Gasteiger partial charge in [0, 0.05) is 5.39 Å². The van der Waals surface area contributed by atoms with Gasteiger partial charge in [-0.3, -0.25) is 0 Å². The van der Waals surface area contributed by atoms with E-state index in [1.165, 1.54) is 0 Å². The largest absolute Gasteiger partial charge is 0.383 e. The Labute approximate surface area is 102 Å². The van der Waals surface area contributed by atoms with E-state index in [1.54, 1.807) is 13.0 Å². The zero-order valence-electron chi connectivity index (χ0n) is 9.11. The average molecular weight is 245 g/mol. The zero-order chi connectivity index (χ0) is 12.0. The van der Waals surface area contributed by atoms with Crippen LogP contribution in [0.2, 0.25) is 5.02 Å². The van der Waals surface area contributed by atoms with E-state index in [4.69, 9.17) is 17.3 Å². The van der Waals surface area contributed by atoms with Crippen molar-refractivity contribution in [2.24, 2.45) is 0 Å². The van der Waals surface area contributed by atoms with Crippen LogP contribution in [0.1, 0.15) is 5.82 Å². The molecule has 2 heterocycles. The second-order valence-corrected chi connectivity index (χ2v) is 4.23. The summed E-state index contributed by atoms with van der Waals surface area (Å²) in [5.41, 5.74) is 7.18.